The van der Waals surface area contributed by atoms with E-state index in [1.54, 1.807) is 0 Å². The molecule has 1 rings (SSSR count). The summed E-state index contributed by atoms with van der Waals surface area (Å²) < 4.78 is 17.8. The maximum absolute atomic E-state index is 11.0. The molecule has 0 radical (unpaired) electrons. The maximum atomic E-state index is 11.0. The van der Waals surface area contributed by atoms with Gasteiger partial charge in [-0.15, -0.1) is 0 Å². The van der Waals surface area contributed by atoms with E-state index in [0.29, 0.717) is 0 Å². The van der Waals surface area contributed by atoms with Crippen molar-refractivity contribution in [2.45, 2.75) is 12.9 Å². The predicted octanol–water partition coefficient (Wildman–Crippen LogP) is -0.992. The van der Waals surface area contributed by atoms with Crippen molar-refractivity contribution < 1.29 is 20.3 Å². The van der Waals surface area contributed by atoms with E-state index in [1.165, 1.54) is 0 Å². The number of carbonyl (C=O) groups is 2. The van der Waals surface area contributed by atoms with E-state index >= 15 is 0 Å². The van der Waals surface area contributed by atoms with Gasteiger partial charge in [-0.05, 0) is 0 Å². The Morgan fingerprint density at radius 3 is 2.92 bits per heavy atom. The minimum atomic E-state index is -1.28. The van der Waals surface area contributed by atoms with E-state index in [-0.39, 0.29) is 11.6 Å². The zero-order chi connectivity index (χ0) is 10.0. The van der Waals surface area contributed by atoms with E-state index < -0.39 is 35.6 Å². The molecule has 0 aromatic heterocycles. The van der Waals surface area contributed by atoms with Crippen LogP contribution in [0.5, 0.6) is 0 Å². The molecule has 1 aliphatic heterocycles. The quantitative estimate of drug-likeness (QED) is 0.578. The largest absolute Gasteiger partial charge is 0.480 e. The highest BCUT2D eigenvalue weighted by atomic mass is 32.2. The van der Waals surface area contributed by atoms with Gasteiger partial charge in [-0.1, -0.05) is 0 Å². The number of carbonyl (C=O) groups excluding carboxylic acids is 1. The summed E-state index contributed by atoms with van der Waals surface area (Å²) in [4.78, 5) is 22.6. The average Bonchev–Trinajstić information content (AvgIpc) is 2.46. The predicted molar refractivity (Wildman–Crippen MR) is 41.8 cm³/mol. The minimum absolute atomic E-state index is 0.0267. The Hall–Kier alpha value is -0.910. The topological polar surface area (TPSA) is 74.7 Å². The fraction of sp³-hybridized carbons (Fsp3) is 0.667. The first-order chi connectivity index (χ1) is 6.06. The van der Waals surface area contributed by atoms with E-state index in [1.807, 2.05) is 0 Å². The zero-order valence-corrected chi connectivity index (χ0v) is 7.04. The van der Waals surface area contributed by atoms with Crippen molar-refractivity contribution in [2.75, 3.05) is 11.6 Å². The first kappa shape index (κ1) is 7.72. The van der Waals surface area contributed by atoms with Crippen LogP contribution in [0.15, 0.2) is 0 Å². The van der Waals surface area contributed by atoms with Crippen molar-refractivity contribution in [1.82, 2.24) is 4.90 Å². The molecule has 6 heteroatoms. The summed E-state index contributed by atoms with van der Waals surface area (Å²) in [7, 11) is -1.28. The molecule has 0 spiro atoms. The number of nitrogens with zero attached hydrogens (tertiary/aromatic N) is 1. The molecule has 0 bridgehead atoms. The second-order valence-electron chi connectivity index (χ2n) is 2.45. The van der Waals surface area contributed by atoms with Gasteiger partial charge in [0, 0.05) is 19.1 Å². The maximum Gasteiger partial charge on any atom is 0.327 e. The van der Waals surface area contributed by atoms with Gasteiger partial charge < -0.3 is 10.0 Å². The average molecular weight is 192 g/mol. The third-order valence-corrected chi connectivity index (χ3v) is 2.86. The molecular formula is C6H9NO4S. The number of hydrogen-bond acceptors (Lipinski definition) is 3. The highest BCUT2D eigenvalue weighted by Crippen LogP contribution is 2.12. The van der Waals surface area contributed by atoms with Crippen LogP contribution in [0.3, 0.4) is 0 Å². The monoisotopic (exact) mass is 192 g/mol. The molecule has 68 valence electrons. The van der Waals surface area contributed by atoms with Crippen molar-refractivity contribution in [3.8, 4) is 0 Å². The first-order valence-electron chi connectivity index (χ1n) is 3.93. The third-order valence-electron chi connectivity index (χ3n) is 1.61. The summed E-state index contributed by atoms with van der Waals surface area (Å²) in [5.74, 6) is -1.83. The smallest absolute Gasteiger partial charge is 0.327 e. The molecule has 2 atom stereocenters. The summed E-state index contributed by atoms with van der Waals surface area (Å²) in [5, 5.41) is 8.66. The summed E-state index contributed by atoms with van der Waals surface area (Å²) >= 11 is 0. The van der Waals surface area contributed by atoms with E-state index in [9.17, 15) is 13.8 Å². The van der Waals surface area contributed by atoms with Gasteiger partial charge in [0.1, 0.15) is 6.04 Å². The Labute approximate surface area is 73.2 Å². The zero-order valence-electron chi connectivity index (χ0n) is 7.23. The van der Waals surface area contributed by atoms with Gasteiger partial charge in [0.25, 0.3) is 0 Å². The van der Waals surface area contributed by atoms with E-state index in [0.717, 1.165) is 4.90 Å². The van der Waals surface area contributed by atoms with E-state index in [2.05, 4.69) is 0 Å². The molecule has 12 heavy (non-hydrogen) atoms. The van der Waals surface area contributed by atoms with Crippen molar-refractivity contribution in [3.05, 3.63) is 0 Å². The number of aliphatic carboxylic acids is 1. The molecule has 1 aliphatic rings. The summed E-state index contributed by atoms with van der Waals surface area (Å²) in [6.07, 6.45) is 0. The fourth-order valence-electron chi connectivity index (χ4n) is 1.01. The van der Waals surface area contributed by atoms with Crippen LogP contribution in [0.4, 0.5) is 0 Å². The normalized spacial score (nSPS) is 30.0. The highest BCUT2D eigenvalue weighted by molar-refractivity contribution is 7.85. The number of rotatable bonds is 1. The molecule has 5 nitrogen and oxygen atoms in total. The third kappa shape index (κ3) is 1.63. The standard InChI is InChI=1S/C6H9NO4S/c1-4(8)7-3-12(11)2-5(7)6(9)10/h5H,2-3H2,1H3,(H,9,10)/t5-,12?/m0/s1/i1D. The van der Waals surface area contributed by atoms with Gasteiger partial charge in [-0.25, -0.2) is 4.79 Å². The molecular weight excluding hydrogens is 182 g/mol. The van der Waals surface area contributed by atoms with Crippen molar-refractivity contribution in [3.63, 3.8) is 0 Å². The molecule has 1 heterocycles. The van der Waals surface area contributed by atoms with Crippen LogP contribution in [0.25, 0.3) is 0 Å². The van der Waals surface area contributed by atoms with Gasteiger partial charge in [-0.3, -0.25) is 9.00 Å². The van der Waals surface area contributed by atoms with Gasteiger partial charge in [0.15, 0.2) is 0 Å². The molecule has 0 aromatic carbocycles. The van der Waals surface area contributed by atoms with Crippen LogP contribution >= 0.6 is 0 Å². The molecule has 1 saturated heterocycles. The van der Waals surface area contributed by atoms with Gasteiger partial charge in [0.2, 0.25) is 5.91 Å². The van der Waals surface area contributed by atoms with Crippen LogP contribution in [0.2, 0.25) is 0 Å². The lowest BCUT2D eigenvalue weighted by Gasteiger charge is -2.17. The molecule has 1 N–H and O–H groups in total. The van der Waals surface area contributed by atoms with Crippen LogP contribution in [0, 0.1) is 0 Å². The summed E-state index contributed by atoms with van der Waals surface area (Å²) in [6.45, 7) is -0.499. The van der Waals surface area contributed by atoms with Crippen molar-refractivity contribution in [2.24, 2.45) is 0 Å². The SMILES string of the molecule is [2H]CC(=O)N1CS(=O)C[C@H]1C(=O)O. The molecule has 1 fully saturated rings. The molecule has 0 aliphatic carbocycles. The first-order valence-corrected chi connectivity index (χ1v) is 4.71. The molecule has 1 unspecified atom stereocenters. The molecule has 1 amide bonds. The Morgan fingerprint density at radius 1 is 1.75 bits per heavy atom. The van der Waals surface area contributed by atoms with Crippen LogP contribution < -0.4 is 0 Å². The second kappa shape index (κ2) is 3.22. The lowest BCUT2D eigenvalue weighted by molar-refractivity contribution is -0.146. The second-order valence-corrected chi connectivity index (χ2v) is 3.92. The van der Waals surface area contributed by atoms with Crippen molar-refractivity contribution in [1.29, 1.82) is 0 Å². The summed E-state index contributed by atoms with van der Waals surface area (Å²) in [5.41, 5.74) is 0. The fourth-order valence-corrected chi connectivity index (χ4v) is 2.43. The van der Waals surface area contributed by atoms with Crippen LogP contribution in [-0.4, -0.2) is 43.8 Å². The lowest BCUT2D eigenvalue weighted by atomic mass is 10.3. The van der Waals surface area contributed by atoms with Gasteiger partial charge >= 0.3 is 5.97 Å². The number of carboxylic acid groups (broad SMARTS) is 1. The minimum Gasteiger partial charge on any atom is -0.480 e. The Bertz CT molecular complexity index is 269. The Kier molecular flexibility index (Phi) is 2.07. The van der Waals surface area contributed by atoms with Crippen LogP contribution in [0.1, 0.15) is 8.27 Å². The number of amides is 1. The van der Waals surface area contributed by atoms with Crippen LogP contribution in [-0.2, 0) is 20.4 Å². The van der Waals surface area contributed by atoms with Crippen molar-refractivity contribution >= 4 is 22.7 Å². The number of hydrogen-bond donors (Lipinski definition) is 1. The van der Waals surface area contributed by atoms with E-state index in [4.69, 9.17) is 6.48 Å². The summed E-state index contributed by atoms with van der Waals surface area (Å²) in [6, 6.07) is -1.02. The highest BCUT2D eigenvalue weighted by Gasteiger charge is 2.36. The lowest BCUT2D eigenvalue weighted by Crippen LogP contribution is -2.40. The Balaban J connectivity index is 2.77. The van der Waals surface area contributed by atoms with Gasteiger partial charge in [-0.2, -0.15) is 0 Å². The molecule has 0 saturated carbocycles. The number of carboxylic acids is 1. The van der Waals surface area contributed by atoms with Gasteiger partial charge in [0.05, 0.1) is 11.6 Å². The molecule has 0 aromatic rings. The Morgan fingerprint density at radius 2 is 2.42 bits per heavy atom.